The molecular weight excluding hydrogens is 403 g/mol. The summed E-state index contributed by atoms with van der Waals surface area (Å²) >= 11 is 3.16. The van der Waals surface area contributed by atoms with E-state index < -0.39 is 17.8 Å². The number of rotatable bonds is 4. The lowest BCUT2D eigenvalue weighted by Crippen LogP contribution is -2.29. The van der Waals surface area contributed by atoms with Crippen LogP contribution in [-0.2, 0) is 0 Å². The maximum atomic E-state index is 13.5. The van der Waals surface area contributed by atoms with E-state index in [-0.39, 0.29) is 5.56 Å². The first-order valence-electron chi connectivity index (χ1n) is 7.51. The first kappa shape index (κ1) is 17.7. The minimum Gasteiger partial charge on any atom is -0.342 e. The van der Waals surface area contributed by atoms with Crippen LogP contribution in [0.5, 0.6) is 0 Å². The van der Waals surface area contributed by atoms with E-state index in [0.29, 0.717) is 21.7 Å². The highest BCUT2D eigenvalue weighted by atomic mass is 79.9. The molecule has 0 bridgehead atoms. The SMILES string of the molecule is C[C@H](NC(=O)c1cc(F)cc(Br)c1)c1ncnn1-c1ccc(C#N)cn1. The van der Waals surface area contributed by atoms with E-state index in [0.717, 1.165) is 6.07 Å². The van der Waals surface area contributed by atoms with E-state index in [1.807, 2.05) is 6.07 Å². The van der Waals surface area contributed by atoms with Crippen LogP contribution in [0.3, 0.4) is 0 Å². The Hall–Kier alpha value is -3.12. The third-order valence-electron chi connectivity index (χ3n) is 3.53. The molecule has 9 heteroatoms. The maximum Gasteiger partial charge on any atom is 0.252 e. The Morgan fingerprint density at radius 2 is 2.15 bits per heavy atom. The Kier molecular flexibility index (Phi) is 5.04. The van der Waals surface area contributed by atoms with Crippen molar-refractivity contribution < 1.29 is 9.18 Å². The van der Waals surface area contributed by atoms with E-state index in [1.165, 1.54) is 29.3 Å². The van der Waals surface area contributed by atoms with Gasteiger partial charge in [0.2, 0.25) is 0 Å². The van der Waals surface area contributed by atoms with Crippen molar-refractivity contribution in [3.63, 3.8) is 0 Å². The average Bonchev–Trinajstić information content (AvgIpc) is 3.10. The third kappa shape index (κ3) is 3.75. The van der Waals surface area contributed by atoms with Crippen LogP contribution in [0.4, 0.5) is 4.39 Å². The normalized spacial score (nSPS) is 11.6. The Labute approximate surface area is 156 Å². The molecule has 0 aliphatic carbocycles. The molecule has 0 unspecified atom stereocenters. The summed E-state index contributed by atoms with van der Waals surface area (Å²) in [7, 11) is 0. The van der Waals surface area contributed by atoms with Crippen LogP contribution >= 0.6 is 15.9 Å². The van der Waals surface area contributed by atoms with Gasteiger partial charge in [0.15, 0.2) is 11.6 Å². The van der Waals surface area contributed by atoms with E-state index in [9.17, 15) is 9.18 Å². The number of nitrogens with one attached hydrogen (secondary N) is 1. The molecule has 0 spiro atoms. The van der Waals surface area contributed by atoms with Crippen LogP contribution in [0, 0.1) is 17.1 Å². The zero-order valence-electron chi connectivity index (χ0n) is 13.5. The number of hydrogen-bond donors (Lipinski definition) is 1. The molecule has 0 saturated carbocycles. The van der Waals surface area contributed by atoms with Crippen molar-refractivity contribution >= 4 is 21.8 Å². The van der Waals surface area contributed by atoms with Crippen LogP contribution in [0.15, 0.2) is 47.3 Å². The lowest BCUT2D eigenvalue weighted by molar-refractivity contribution is 0.0937. The van der Waals surface area contributed by atoms with Gasteiger partial charge in [0.25, 0.3) is 5.91 Å². The summed E-state index contributed by atoms with van der Waals surface area (Å²) < 4.78 is 15.4. The van der Waals surface area contributed by atoms with Gasteiger partial charge in [-0.05, 0) is 37.3 Å². The van der Waals surface area contributed by atoms with Crippen molar-refractivity contribution in [2.24, 2.45) is 0 Å². The molecule has 1 N–H and O–H groups in total. The fourth-order valence-corrected chi connectivity index (χ4v) is 2.79. The largest absolute Gasteiger partial charge is 0.342 e. The smallest absolute Gasteiger partial charge is 0.252 e. The van der Waals surface area contributed by atoms with Crippen molar-refractivity contribution in [1.29, 1.82) is 5.26 Å². The molecule has 1 amide bonds. The fraction of sp³-hybridized carbons (Fsp3) is 0.118. The summed E-state index contributed by atoms with van der Waals surface area (Å²) in [6.07, 6.45) is 2.77. The number of carbonyl (C=O) groups excluding carboxylic acids is 1. The molecule has 0 aliphatic heterocycles. The van der Waals surface area contributed by atoms with E-state index >= 15 is 0 Å². The van der Waals surface area contributed by atoms with Crippen LogP contribution in [0.2, 0.25) is 0 Å². The summed E-state index contributed by atoms with van der Waals surface area (Å²) in [6, 6.07) is 8.68. The highest BCUT2D eigenvalue weighted by Crippen LogP contribution is 2.17. The number of hydrogen-bond acceptors (Lipinski definition) is 5. The van der Waals surface area contributed by atoms with Crippen molar-refractivity contribution in [1.82, 2.24) is 25.1 Å². The van der Waals surface area contributed by atoms with Crippen molar-refractivity contribution in [2.75, 3.05) is 0 Å². The number of aromatic nitrogens is 4. The zero-order valence-corrected chi connectivity index (χ0v) is 15.1. The van der Waals surface area contributed by atoms with E-state index in [4.69, 9.17) is 5.26 Å². The molecule has 0 saturated heterocycles. The Morgan fingerprint density at radius 3 is 2.81 bits per heavy atom. The molecule has 1 atom stereocenters. The van der Waals surface area contributed by atoms with Gasteiger partial charge in [-0.25, -0.2) is 14.4 Å². The van der Waals surface area contributed by atoms with Gasteiger partial charge in [0, 0.05) is 16.2 Å². The first-order valence-corrected chi connectivity index (χ1v) is 8.30. The highest BCUT2D eigenvalue weighted by molar-refractivity contribution is 9.10. The van der Waals surface area contributed by atoms with Gasteiger partial charge < -0.3 is 5.32 Å². The average molecular weight is 415 g/mol. The number of carbonyl (C=O) groups is 1. The fourth-order valence-electron chi connectivity index (χ4n) is 2.33. The lowest BCUT2D eigenvalue weighted by atomic mass is 10.2. The number of nitriles is 1. The maximum absolute atomic E-state index is 13.5. The molecule has 3 aromatic rings. The topological polar surface area (TPSA) is 96.5 Å². The molecule has 26 heavy (non-hydrogen) atoms. The van der Waals surface area contributed by atoms with Gasteiger partial charge in [-0.2, -0.15) is 15.0 Å². The molecule has 0 radical (unpaired) electrons. The molecule has 130 valence electrons. The number of amides is 1. The molecule has 2 heterocycles. The van der Waals surface area contributed by atoms with Gasteiger partial charge in [0.05, 0.1) is 11.6 Å². The molecule has 7 nitrogen and oxygen atoms in total. The number of nitrogens with zero attached hydrogens (tertiary/aromatic N) is 5. The minimum atomic E-state index is -0.512. The van der Waals surface area contributed by atoms with Crippen molar-refractivity contribution in [3.8, 4) is 11.9 Å². The minimum absolute atomic E-state index is 0.186. The summed E-state index contributed by atoms with van der Waals surface area (Å²) in [5.74, 6) is -0.0423. The number of halogens is 2. The summed E-state index contributed by atoms with van der Waals surface area (Å²) in [5.41, 5.74) is 0.611. The Bertz CT molecular complexity index is 975. The Balaban J connectivity index is 1.82. The first-order chi connectivity index (χ1) is 12.5. The highest BCUT2D eigenvalue weighted by Gasteiger charge is 2.18. The molecule has 2 aromatic heterocycles. The summed E-state index contributed by atoms with van der Waals surface area (Å²) in [5, 5.41) is 15.7. The van der Waals surface area contributed by atoms with Crippen LogP contribution in [0.1, 0.15) is 34.7 Å². The second-order valence-electron chi connectivity index (χ2n) is 5.40. The van der Waals surface area contributed by atoms with Gasteiger partial charge >= 0.3 is 0 Å². The zero-order chi connectivity index (χ0) is 18.7. The molecule has 0 aliphatic rings. The van der Waals surface area contributed by atoms with Crippen LogP contribution in [-0.4, -0.2) is 25.7 Å². The number of benzene rings is 1. The monoisotopic (exact) mass is 414 g/mol. The van der Waals surface area contributed by atoms with Crippen LogP contribution in [0.25, 0.3) is 5.82 Å². The summed E-state index contributed by atoms with van der Waals surface area (Å²) in [4.78, 5) is 20.7. The lowest BCUT2D eigenvalue weighted by Gasteiger charge is -2.14. The quantitative estimate of drug-likeness (QED) is 0.707. The van der Waals surface area contributed by atoms with Gasteiger partial charge in [0.1, 0.15) is 18.2 Å². The van der Waals surface area contributed by atoms with Gasteiger partial charge in [-0.1, -0.05) is 15.9 Å². The van der Waals surface area contributed by atoms with Crippen molar-refractivity contribution in [2.45, 2.75) is 13.0 Å². The van der Waals surface area contributed by atoms with Crippen LogP contribution < -0.4 is 5.32 Å². The van der Waals surface area contributed by atoms with E-state index in [2.05, 4.69) is 36.3 Å². The van der Waals surface area contributed by atoms with Gasteiger partial charge in [-0.15, -0.1) is 0 Å². The second-order valence-corrected chi connectivity index (χ2v) is 6.32. The standard InChI is InChI=1S/C17H12BrFN6O/c1-10(24-17(26)12-4-13(18)6-14(19)5-12)16-22-9-23-25(16)15-3-2-11(7-20)8-21-15/h2-6,8-10H,1H3,(H,24,26)/t10-/m0/s1. The number of pyridine rings is 1. The molecule has 0 fully saturated rings. The van der Waals surface area contributed by atoms with E-state index in [1.54, 1.807) is 19.1 Å². The third-order valence-corrected chi connectivity index (χ3v) is 3.99. The Morgan fingerprint density at radius 1 is 1.35 bits per heavy atom. The molecule has 1 aromatic carbocycles. The predicted molar refractivity (Wildman–Crippen MR) is 93.9 cm³/mol. The second kappa shape index (κ2) is 7.41. The van der Waals surface area contributed by atoms with Gasteiger partial charge in [-0.3, -0.25) is 4.79 Å². The molecule has 3 rings (SSSR count). The predicted octanol–water partition coefficient (Wildman–Crippen LogP) is 2.93. The molecular formula is C17H12BrFN6O. The summed E-state index contributed by atoms with van der Waals surface area (Å²) in [6.45, 7) is 1.73. The van der Waals surface area contributed by atoms with Crippen molar-refractivity contribution in [3.05, 3.63) is 70.1 Å².